The molecule has 0 spiro atoms. The lowest BCUT2D eigenvalue weighted by Crippen LogP contribution is -2.44. The third kappa shape index (κ3) is 19.6. The number of piperidine rings is 4. The Labute approximate surface area is 468 Å². The molecule has 0 bridgehead atoms. The molecule has 4 aliphatic rings. The molecule has 17 heteroatoms. The van der Waals surface area contributed by atoms with Crippen molar-refractivity contribution in [1.29, 1.82) is 0 Å². The normalized spacial score (nSPS) is 17.1. The van der Waals surface area contributed by atoms with Gasteiger partial charge < -0.3 is 55.9 Å². The number of hydrogen-bond acceptors (Lipinski definition) is 15. The number of pyridine rings is 4. The number of rotatable bonds is 21. The lowest BCUT2D eigenvalue weighted by atomic mass is 10.1. The van der Waals surface area contributed by atoms with Gasteiger partial charge in [0.25, 0.3) is 0 Å². The number of nitrogens with zero attached hydrogens (tertiary/aromatic N) is 8. The third-order valence-corrected chi connectivity index (χ3v) is 15.4. The van der Waals surface area contributed by atoms with E-state index in [-0.39, 0.29) is 31.8 Å². The van der Waals surface area contributed by atoms with Gasteiger partial charge in [-0.15, -0.1) is 0 Å². The first-order chi connectivity index (χ1) is 38.6. The van der Waals surface area contributed by atoms with Gasteiger partial charge in [-0.1, -0.05) is 61.4 Å². The second kappa shape index (κ2) is 31.6. The number of ether oxygens (including phenoxy) is 2. The van der Waals surface area contributed by atoms with Crippen LogP contribution in [0.2, 0.25) is 0 Å². The molecule has 0 radical (unpaired) electrons. The molecule has 0 saturated carbocycles. The lowest BCUT2D eigenvalue weighted by molar-refractivity contribution is -0.142. The van der Waals surface area contributed by atoms with Gasteiger partial charge in [-0.25, -0.2) is 14.8 Å². The van der Waals surface area contributed by atoms with Crippen molar-refractivity contribution in [1.82, 2.24) is 44.9 Å². The van der Waals surface area contributed by atoms with E-state index in [1.807, 2.05) is 60.9 Å². The number of hydrogen-bond donors (Lipinski definition) is 5. The predicted molar refractivity (Wildman–Crippen MR) is 317 cm³/mol. The summed E-state index contributed by atoms with van der Waals surface area (Å²) in [6.07, 6.45) is 21.9. The summed E-state index contributed by atoms with van der Waals surface area (Å²) in [7, 11) is 4.26. The fourth-order valence-corrected chi connectivity index (χ4v) is 10.7. The number of fused-ring (bicyclic) bond motifs is 2. The van der Waals surface area contributed by atoms with E-state index < -0.39 is 5.97 Å². The zero-order valence-corrected chi connectivity index (χ0v) is 46.9. The molecule has 4 saturated heterocycles. The van der Waals surface area contributed by atoms with Gasteiger partial charge in [0, 0.05) is 83.2 Å². The number of carboxylic acid groups (broad SMARTS) is 1. The average Bonchev–Trinajstić information content (AvgIpc) is 3.51. The summed E-state index contributed by atoms with van der Waals surface area (Å²) in [5, 5.41) is 21.1. The smallest absolute Gasteiger partial charge is 0.329 e. The van der Waals surface area contributed by atoms with E-state index in [4.69, 9.17) is 30.3 Å². The van der Waals surface area contributed by atoms with Crippen LogP contribution in [0.1, 0.15) is 88.2 Å². The third-order valence-electron chi connectivity index (χ3n) is 15.4. The van der Waals surface area contributed by atoms with Gasteiger partial charge >= 0.3 is 5.97 Å². The van der Waals surface area contributed by atoms with Gasteiger partial charge in [0.15, 0.2) is 0 Å². The van der Waals surface area contributed by atoms with Crippen LogP contribution in [0.25, 0.3) is 44.3 Å². The number of carbonyl (C=O) groups is 2. The Kier molecular flexibility index (Phi) is 23.6. The van der Waals surface area contributed by atoms with Gasteiger partial charge in [0.1, 0.15) is 13.2 Å². The molecular weight excluding hydrogens is 993 g/mol. The van der Waals surface area contributed by atoms with Gasteiger partial charge in [-0.2, -0.15) is 0 Å². The predicted octanol–water partition coefficient (Wildman–Crippen LogP) is 8.54. The van der Waals surface area contributed by atoms with Gasteiger partial charge in [-0.3, -0.25) is 14.8 Å². The highest BCUT2D eigenvalue weighted by atomic mass is 16.5. The van der Waals surface area contributed by atoms with Crippen LogP contribution >= 0.6 is 0 Å². The fraction of sp³-hybridized carbons (Fsp3) is 0.516. The Morgan fingerprint density at radius 3 is 1.48 bits per heavy atom. The maximum atomic E-state index is 12.3. The molecule has 4 aromatic heterocycles. The Morgan fingerprint density at radius 1 is 0.595 bits per heavy atom. The van der Waals surface area contributed by atoms with Gasteiger partial charge in [-0.05, 0) is 179 Å². The zero-order valence-electron chi connectivity index (χ0n) is 46.9. The minimum absolute atomic E-state index is 0.0352. The summed E-state index contributed by atoms with van der Waals surface area (Å²) >= 11 is 0. The summed E-state index contributed by atoms with van der Waals surface area (Å²) in [4.78, 5) is 51.0. The van der Waals surface area contributed by atoms with Crippen molar-refractivity contribution in [3.8, 4) is 22.5 Å². The van der Waals surface area contributed by atoms with Crippen LogP contribution in [0.5, 0.6) is 0 Å². The highest BCUT2D eigenvalue weighted by Gasteiger charge is 2.19. The molecule has 4 fully saturated rings. The van der Waals surface area contributed by atoms with Crippen LogP contribution in [0.15, 0.2) is 97.6 Å². The number of benzene rings is 2. The van der Waals surface area contributed by atoms with Crippen molar-refractivity contribution in [3.63, 3.8) is 0 Å². The fourth-order valence-electron chi connectivity index (χ4n) is 10.7. The van der Waals surface area contributed by atoms with E-state index >= 15 is 0 Å². The number of likely N-dealkylation sites (tertiary alicyclic amines) is 4. The molecule has 2 aromatic carbocycles. The highest BCUT2D eigenvalue weighted by molar-refractivity contribution is 5.94. The summed E-state index contributed by atoms with van der Waals surface area (Å²) in [6, 6.07) is 25.0. The first kappa shape index (κ1) is 59.0. The van der Waals surface area contributed by atoms with E-state index in [0.717, 1.165) is 132 Å². The molecule has 0 unspecified atom stereocenters. The van der Waals surface area contributed by atoms with Crippen LogP contribution in [0.4, 0.5) is 11.4 Å². The molecule has 8 heterocycles. The molecular formula is C62H86N12O5. The molecule has 1 amide bonds. The molecule has 6 aromatic rings. The molecule has 0 aliphatic carbocycles. The van der Waals surface area contributed by atoms with Crippen molar-refractivity contribution in [2.75, 3.05) is 116 Å². The second-order valence-corrected chi connectivity index (χ2v) is 21.8. The maximum Gasteiger partial charge on any atom is 0.329 e. The summed E-state index contributed by atoms with van der Waals surface area (Å²) in [5.74, 6) is -1.00. The first-order valence-corrected chi connectivity index (χ1v) is 29.0. The maximum absolute atomic E-state index is 12.3. The number of amides is 1. The quantitative estimate of drug-likeness (QED) is 0.0429. The van der Waals surface area contributed by atoms with Crippen molar-refractivity contribution < 1.29 is 24.2 Å². The number of nitrogens with two attached hydrogens (primary N) is 1. The van der Waals surface area contributed by atoms with Crippen molar-refractivity contribution in [3.05, 3.63) is 109 Å². The number of nitrogens with one attached hydrogen (secondary N) is 3. The topological polar surface area (TPSA) is 199 Å². The number of aromatic nitrogens is 4. The zero-order chi connectivity index (χ0) is 55.0. The van der Waals surface area contributed by atoms with Crippen LogP contribution in [-0.4, -0.2) is 174 Å². The highest BCUT2D eigenvalue weighted by Crippen LogP contribution is 2.30. The number of carboxylic acids is 1. The van der Waals surface area contributed by atoms with Crippen molar-refractivity contribution in [2.45, 2.75) is 102 Å². The van der Waals surface area contributed by atoms with Crippen LogP contribution < -0.4 is 21.7 Å². The summed E-state index contributed by atoms with van der Waals surface area (Å²) in [5.41, 5.74) is 15.5. The summed E-state index contributed by atoms with van der Waals surface area (Å²) < 4.78 is 10.9. The monoisotopic (exact) mass is 1080 g/mol. The van der Waals surface area contributed by atoms with Crippen LogP contribution in [0, 0.1) is 0 Å². The van der Waals surface area contributed by atoms with Crippen molar-refractivity contribution in [2.24, 2.45) is 5.73 Å². The molecule has 0 atom stereocenters. The Balaban J connectivity index is 0.000000185. The average molecular weight is 1080 g/mol. The number of anilines is 2. The largest absolute Gasteiger partial charge is 0.480 e. The van der Waals surface area contributed by atoms with E-state index in [2.05, 4.69) is 83.9 Å². The SMILES string of the molecule is CN1CCC(N)CC1.CN1CCC(NC(=O)COCc2ccc(-c3cc(NCCCN4CCCCC4)c4cnccc4n3)cc2)CC1.O=C(O)COCc1ccc(-c2cc(NCCCN3CCCCC3)c3cnccc3n2)cc1. The van der Waals surface area contributed by atoms with Crippen molar-refractivity contribution >= 4 is 45.1 Å². The minimum Gasteiger partial charge on any atom is -0.480 e. The Hall–Kier alpha value is -6.18. The minimum atomic E-state index is -0.965. The van der Waals surface area contributed by atoms with Crippen LogP contribution in [-0.2, 0) is 32.3 Å². The van der Waals surface area contributed by atoms with Gasteiger partial charge in [0.2, 0.25) is 5.91 Å². The van der Waals surface area contributed by atoms with E-state index in [1.54, 1.807) is 12.4 Å². The Morgan fingerprint density at radius 2 is 1.04 bits per heavy atom. The Bertz CT molecular complexity index is 2760. The van der Waals surface area contributed by atoms with E-state index in [1.165, 1.54) is 90.6 Å². The number of carbonyl (C=O) groups excluding carboxylic acids is 1. The molecule has 424 valence electrons. The molecule has 10 rings (SSSR count). The first-order valence-electron chi connectivity index (χ1n) is 29.0. The van der Waals surface area contributed by atoms with Gasteiger partial charge in [0.05, 0.1) is 35.6 Å². The van der Waals surface area contributed by atoms with Crippen LogP contribution in [0.3, 0.4) is 0 Å². The standard InChI is InChI=1S/C31H42N6O2.C25H30N4O3.C6H14N2/c1-36-18-11-26(12-19-36)34-31(38)23-39-22-24-6-8-25(9-7-24)29-20-30(27-21-32-14-10-28(27)35-29)33-13-5-17-37-15-3-2-4-16-37;30-25(31)18-32-17-19-5-7-20(8-6-19)23-15-24(21-16-26-11-9-22(21)28-23)27-10-4-14-29-12-2-1-3-13-29;1-8-4-2-6(7)3-5-8/h6-10,14,20-21,26H,2-5,11-13,15-19,22-23H2,1H3,(H,33,35)(H,34,38);5-9,11,15-16H,1-4,10,12-14,17-18H2,(H,27,28)(H,30,31);6H,2-5,7H2,1H3. The molecule has 6 N–H and O–H groups in total. The van der Waals surface area contributed by atoms with E-state index in [0.29, 0.717) is 12.6 Å². The molecule has 4 aliphatic heterocycles. The summed E-state index contributed by atoms with van der Waals surface area (Å²) in [6.45, 7) is 13.9. The molecule has 17 nitrogen and oxygen atoms in total. The second-order valence-electron chi connectivity index (χ2n) is 21.8. The van der Waals surface area contributed by atoms with E-state index in [9.17, 15) is 9.59 Å². The lowest BCUT2D eigenvalue weighted by Gasteiger charge is -2.29. The number of aliphatic carboxylic acids is 1. The molecule has 79 heavy (non-hydrogen) atoms.